The van der Waals surface area contributed by atoms with Crippen molar-refractivity contribution < 1.29 is 28.2 Å². The molecule has 0 unspecified atom stereocenters. The highest BCUT2D eigenvalue weighted by molar-refractivity contribution is 7.22. The summed E-state index contributed by atoms with van der Waals surface area (Å²) in [6.45, 7) is 10.2. The molecule has 1 aliphatic carbocycles. The zero-order chi connectivity index (χ0) is 30.4. The topological polar surface area (TPSA) is 123 Å². The van der Waals surface area contributed by atoms with E-state index in [1.54, 1.807) is 53.9 Å². The Kier molecular flexibility index (Phi) is 7.86. The second-order valence-corrected chi connectivity index (χ2v) is 13.7. The molecule has 0 spiro atoms. The predicted molar refractivity (Wildman–Crippen MR) is 158 cm³/mol. The van der Waals surface area contributed by atoms with Gasteiger partial charge in [0.25, 0.3) is 5.91 Å². The number of carbonyl (C=O) groups excluding carboxylic acids is 3. The van der Waals surface area contributed by atoms with E-state index in [1.807, 2.05) is 12.1 Å². The van der Waals surface area contributed by atoms with E-state index in [-0.39, 0.29) is 41.3 Å². The minimum Gasteiger partial charge on any atom is -0.444 e. The lowest BCUT2D eigenvalue weighted by Crippen LogP contribution is -2.50. The molecule has 3 aromatic rings. The molecular weight excluding hydrogens is 561 g/mol. The summed E-state index contributed by atoms with van der Waals surface area (Å²) in [6.07, 6.45) is 5.15. The summed E-state index contributed by atoms with van der Waals surface area (Å²) in [5.74, 6) is -1.41. The normalized spacial score (nSPS) is 19.0. The molecule has 1 fully saturated rings. The van der Waals surface area contributed by atoms with Gasteiger partial charge in [-0.3, -0.25) is 9.78 Å². The van der Waals surface area contributed by atoms with Crippen molar-refractivity contribution in [3.8, 4) is 10.6 Å². The minimum atomic E-state index is -0.849. The van der Waals surface area contributed by atoms with Crippen LogP contribution in [0.2, 0.25) is 0 Å². The highest BCUT2D eigenvalue weighted by Gasteiger charge is 2.41. The van der Waals surface area contributed by atoms with Gasteiger partial charge in [-0.2, -0.15) is 0 Å². The quantitative estimate of drug-likeness (QED) is 0.343. The number of aromatic nitrogens is 2. The van der Waals surface area contributed by atoms with Crippen LogP contribution in [0.1, 0.15) is 83.1 Å². The molecule has 2 aliphatic rings. The number of nitrogens with zero attached hydrogens (tertiary/aromatic N) is 3. The molecule has 10 nitrogen and oxygen atoms in total. The first-order valence-corrected chi connectivity index (χ1v) is 14.9. The molecule has 3 amide bonds. The number of nitrogens with one attached hydrogen (secondary N) is 2. The third kappa shape index (κ3) is 6.33. The van der Waals surface area contributed by atoms with Crippen molar-refractivity contribution in [1.82, 2.24) is 20.2 Å². The number of rotatable bonds is 4. The van der Waals surface area contributed by atoms with Crippen LogP contribution in [0, 0.1) is 5.82 Å². The van der Waals surface area contributed by atoms with Gasteiger partial charge in [-0.15, -0.1) is 11.3 Å². The number of fused-ring (bicyclic) bond motifs is 2. The maximum absolute atomic E-state index is 16.2. The average molecular weight is 598 g/mol. The first-order chi connectivity index (χ1) is 19.7. The molecule has 4 heterocycles. The number of anilines is 1. The number of carbonyl (C=O) groups is 3. The van der Waals surface area contributed by atoms with Gasteiger partial charge in [0.1, 0.15) is 11.2 Å². The van der Waals surface area contributed by atoms with Crippen molar-refractivity contribution in [2.24, 2.45) is 0 Å². The minimum absolute atomic E-state index is 0.0375. The van der Waals surface area contributed by atoms with Gasteiger partial charge in [0.15, 0.2) is 11.6 Å². The highest BCUT2D eigenvalue weighted by Crippen LogP contribution is 2.41. The van der Waals surface area contributed by atoms with Crippen LogP contribution in [0.3, 0.4) is 0 Å². The average Bonchev–Trinajstić information content (AvgIpc) is 3.46. The molecule has 3 aromatic heterocycles. The monoisotopic (exact) mass is 597 g/mol. The van der Waals surface area contributed by atoms with Crippen LogP contribution in [0.4, 0.5) is 19.8 Å². The first kappa shape index (κ1) is 29.7. The molecule has 42 heavy (non-hydrogen) atoms. The van der Waals surface area contributed by atoms with E-state index in [9.17, 15) is 14.4 Å². The smallest absolute Gasteiger partial charge is 0.417 e. The molecule has 5 rings (SSSR count). The Morgan fingerprint density at radius 1 is 1.07 bits per heavy atom. The Hall–Kier alpha value is -3.80. The summed E-state index contributed by atoms with van der Waals surface area (Å²) in [7, 11) is 0. The van der Waals surface area contributed by atoms with Crippen LogP contribution in [0.15, 0.2) is 24.5 Å². The zero-order valence-corrected chi connectivity index (χ0v) is 25.5. The molecule has 0 aromatic carbocycles. The molecule has 224 valence electrons. The van der Waals surface area contributed by atoms with E-state index in [0.29, 0.717) is 17.7 Å². The summed E-state index contributed by atoms with van der Waals surface area (Å²) in [5.41, 5.74) is -1.11. The van der Waals surface area contributed by atoms with E-state index >= 15 is 4.39 Å². The number of amides is 3. The van der Waals surface area contributed by atoms with Gasteiger partial charge in [-0.05, 0) is 71.9 Å². The van der Waals surface area contributed by atoms with Crippen LogP contribution in [0.25, 0.3) is 20.7 Å². The van der Waals surface area contributed by atoms with Gasteiger partial charge in [0, 0.05) is 24.0 Å². The van der Waals surface area contributed by atoms with Crippen molar-refractivity contribution in [3.05, 3.63) is 41.5 Å². The molecule has 0 saturated heterocycles. The van der Waals surface area contributed by atoms with Gasteiger partial charge in [0.05, 0.1) is 33.4 Å². The molecule has 1 saturated carbocycles. The van der Waals surface area contributed by atoms with Crippen molar-refractivity contribution in [1.29, 1.82) is 0 Å². The molecule has 12 heteroatoms. The SMILES string of the molecule is CC(C)(C)OC(=O)N[C@H]1CCCC[C@H]1Nc1nc(-c2cc3ccncc3s2)c2c(c1F)CN(C(=O)OC(C)(C)C)C2=O. The zero-order valence-electron chi connectivity index (χ0n) is 24.7. The van der Waals surface area contributed by atoms with E-state index in [1.165, 1.54) is 11.3 Å². The number of pyridine rings is 2. The second-order valence-electron chi connectivity index (χ2n) is 12.7. The van der Waals surface area contributed by atoms with Crippen LogP contribution in [-0.4, -0.2) is 56.2 Å². The first-order valence-electron chi connectivity index (χ1n) is 14.1. The van der Waals surface area contributed by atoms with Crippen LogP contribution in [-0.2, 0) is 16.0 Å². The fourth-order valence-electron chi connectivity index (χ4n) is 5.21. The lowest BCUT2D eigenvalue weighted by atomic mass is 9.90. The van der Waals surface area contributed by atoms with E-state index < -0.39 is 35.1 Å². The van der Waals surface area contributed by atoms with Gasteiger partial charge in [0.2, 0.25) is 0 Å². The molecule has 1 aliphatic heterocycles. The summed E-state index contributed by atoms with van der Waals surface area (Å²) < 4.78 is 28.0. The Labute approximate surface area is 248 Å². The van der Waals surface area contributed by atoms with Gasteiger partial charge in [-0.25, -0.2) is 23.9 Å². The van der Waals surface area contributed by atoms with Crippen LogP contribution >= 0.6 is 11.3 Å². The van der Waals surface area contributed by atoms with Crippen molar-refractivity contribution in [3.63, 3.8) is 0 Å². The molecule has 0 bridgehead atoms. The van der Waals surface area contributed by atoms with E-state index in [2.05, 4.69) is 20.6 Å². The van der Waals surface area contributed by atoms with Crippen LogP contribution in [0.5, 0.6) is 0 Å². The number of imide groups is 1. The molecule has 0 radical (unpaired) electrons. The number of hydrogen-bond donors (Lipinski definition) is 2. The number of ether oxygens (including phenoxy) is 2. The van der Waals surface area contributed by atoms with Crippen molar-refractivity contribution in [2.75, 3.05) is 5.32 Å². The van der Waals surface area contributed by atoms with Gasteiger partial charge >= 0.3 is 12.2 Å². The lowest BCUT2D eigenvalue weighted by molar-refractivity contribution is 0.0247. The number of thiophene rings is 1. The Morgan fingerprint density at radius 3 is 2.43 bits per heavy atom. The summed E-state index contributed by atoms with van der Waals surface area (Å²) in [6, 6.07) is 3.08. The maximum atomic E-state index is 16.2. The summed E-state index contributed by atoms with van der Waals surface area (Å²) in [4.78, 5) is 49.5. The molecule has 2 atom stereocenters. The fourth-order valence-corrected chi connectivity index (χ4v) is 6.23. The third-order valence-corrected chi connectivity index (χ3v) is 8.06. The van der Waals surface area contributed by atoms with Crippen molar-refractivity contribution >= 4 is 45.3 Å². The number of halogens is 1. The van der Waals surface area contributed by atoms with Gasteiger partial charge < -0.3 is 20.1 Å². The Balaban J connectivity index is 1.53. The standard InChI is InChI=1S/C30H36FN5O5S/c1-29(2,3)40-27(38)34-19-10-8-7-9-18(19)33-25-23(31)17-15-36(28(39)41-30(4,5)6)26(37)22(17)24(35-25)20-13-16-11-12-32-14-21(16)42-20/h11-14,18-19H,7-10,15H2,1-6H3,(H,33,35)(H,34,38)/t18-,19+/m1/s1. The Morgan fingerprint density at radius 2 is 1.76 bits per heavy atom. The maximum Gasteiger partial charge on any atom is 0.417 e. The number of alkyl carbamates (subject to hydrolysis) is 1. The van der Waals surface area contributed by atoms with E-state index in [4.69, 9.17) is 9.47 Å². The van der Waals surface area contributed by atoms with Crippen LogP contribution < -0.4 is 10.6 Å². The summed E-state index contributed by atoms with van der Waals surface area (Å²) in [5, 5.41) is 7.06. The molecular formula is C30H36FN5O5S. The van der Waals surface area contributed by atoms with Gasteiger partial charge in [-0.1, -0.05) is 12.8 Å². The molecule has 2 N–H and O–H groups in total. The number of hydrogen-bond acceptors (Lipinski definition) is 9. The highest BCUT2D eigenvalue weighted by atomic mass is 32.1. The fraction of sp³-hybridized carbons (Fsp3) is 0.500. The van der Waals surface area contributed by atoms with Crippen molar-refractivity contribution in [2.45, 2.75) is 97.1 Å². The largest absolute Gasteiger partial charge is 0.444 e. The summed E-state index contributed by atoms with van der Waals surface area (Å²) >= 11 is 1.38. The third-order valence-electron chi connectivity index (χ3n) is 6.97. The lowest BCUT2D eigenvalue weighted by Gasteiger charge is -2.34. The van der Waals surface area contributed by atoms with E-state index in [0.717, 1.165) is 27.8 Å². The second kappa shape index (κ2) is 11.1. The Bertz CT molecular complexity index is 1510. The predicted octanol–water partition coefficient (Wildman–Crippen LogP) is 6.64.